The summed E-state index contributed by atoms with van der Waals surface area (Å²) in [5, 5.41) is 9.12. The van der Waals surface area contributed by atoms with Crippen molar-refractivity contribution in [2.75, 3.05) is 13.7 Å². The van der Waals surface area contributed by atoms with Gasteiger partial charge < -0.3 is 9.84 Å². The van der Waals surface area contributed by atoms with Gasteiger partial charge in [0.1, 0.15) is 0 Å². The second-order valence-corrected chi connectivity index (χ2v) is 4.76. The molecule has 0 spiro atoms. The highest BCUT2D eigenvalue weighted by Gasteiger charge is 2.32. The number of methoxy groups -OCH3 is 1. The Kier molecular flexibility index (Phi) is 5.09. The summed E-state index contributed by atoms with van der Waals surface area (Å²) in [6.07, 6.45) is 4.97. The normalized spacial score (nSPS) is 31.5. The van der Waals surface area contributed by atoms with E-state index in [1.807, 2.05) is 0 Å². The summed E-state index contributed by atoms with van der Waals surface area (Å²) in [5.41, 5.74) is 0. The highest BCUT2D eigenvalue weighted by molar-refractivity contribution is 5.70. The van der Waals surface area contributed by atoms with Crippen molar-refractivity contribution >= 4 is 5.97 Å². The lowest BCUT2D eigenvalue weighted by Gasteiger charge is -2.32. The van der Waals surface area contributed by atoms with Gasteiger partial charge in [0.15, 0.2) is 0 Å². The molecule has 3 unspecified atom stereocenters. The lowest BCUT2D eigenvalue weighted by molar-refractivity contribution is -0.145. The Bertz CT molecular complexity index is 203. The van der Waals surface area contributed by atoms with Crippen molar-refractivity contribution in [1.82, 2.24) is 0 Å². The van der Waals surface area contributed by atoms with E-state index < -0.39 is 5.97 Å². The van der Waals surface area contributed by atoms with Gasteiger partial charge in [0, 0.05) is 13.7 Å². The monoisotopic (exact) mass is 214 g/mol. The first-order chi connectivity index (χ1) is 7.15. The van der Waals surface area contributed by atoms with Gasteiger partial charge in [0.2, 0.25) is 0 Å². The van der Waals surface area contributed by atoms with E-state index >= 15 is 0 Å². The minimum absolute atomic E-state index is 0.113. The Morgan fingerprint density at radius 3 is 2.80 bits per heavy atom. The number of ether oxygens (including phenoxy) is 1. The zero-order valence-electron chi connectivity index (χ0n) is 9.74. The smallest absolute Gasteiger partial charge is 0.306 e. The SMILES string of the molecule is COCCCC1CC(C)CCC1C(=O)O. The lowest BCUT2D eigenvalue weighted by atomic mass is 9.73. The van der Waals surface area contributed by atoms with Gasteiger partial charge in [-0.15, -0.1) is 0 Å². The number of hydrogen-bond acceptors (Lipinski definition) is 2. The number of carbonyl (C=O) groups is 1. The number of carboxylic acids is 1. The molecule has 0 aliphatic heterocycles. The molecule has 88 valence electrons. The Hall–Kier alpha value is -0.570. The average Bonchev–Trinajstić information content (AvgIpc) is 2.18. The number of aliphatic carboxylic acids is 1. The maximum Gasteiger partial charge on any atom is 0.306 e. The highest BCUT2D eigenvalue weighted by atomic mass is 16.5. The van der Waals surface area contributed by atoms with E-state index in [2.05, 4.69) is 6.92 Å². The largest absolute Gasteiger partial charge is 0.481 e. The number of carboxylic acid groups (broad SMARTS) is 1. The molecule has 0 amide bonds. The van der Waals surface area contributed by atoms with Crippen LogP contribution in [0.25, 0.3) is 0 Å². The van der Waals surface area contributed by atoms with Gasteiger partial charge in [0.25, 0.3) is 0 Å². The van der Waals surface area contributed by atoms with Crippen LogP contribution in [0.3, 0.4) is 0 Å². The van der Waals surface area contributed by atoms with Gasteiger partial charge in [-0.05, 0) is 43.9 Å². The third-order valence-corrected chi connectivity index (χ3v) is 3.49. The molecule has 0 bridgehead atoms. The molecule has 0 heterocycles. The zero-order chi connectivity index (χ0) is 11.3. The van der Waals surface area contributed by atoms with Crippen LogP contribution in [0, 0.1) is 17.8 Å². The van der Waals surface area contributed by atoms with Crippen LogP contribution >= 0.6 is 0 Å². The lowest BCUT2D eigenvalue weighted by Crippen LogP contribution is -2.30. The van der Waals surface area contributed by atoms with E-state index in [4.69, 9.17) is 9.84 Å². The van der Waals surface area contributed by atoms with Gasteiger partial charge in [-0.2, -0.15) is 0 Å². The van der Waals surface area contributed by atoms with Gasteiger partial charge in [-0.1, -0.05) is 6.92 Å². The Morgan fingerprint density at radius 1 is 1.47 bits per heavy atom. The third kappa shape index (κ3) is 3.82. The summed E-state index contributed by atoms with van der Waals surface area (Å²) in [7, 11) is 1.69. The van der Waals surface area contributed by atoms with Crippen LogP contribution in [-0.2, 0) is 9.53 Å². The molecule has 0 radical (unpaired) electrons. The fraction of sp³-hybridized carbons (Fsp3) is 0.917. The van der Waals surface area contributed by atoms with Crippen LogP contribution in [-0.4, -0.2) is 24.8 Å². The second kappa shape index (κ2) is 6.11. The van der Waals surface area contributed by atoms with Crippen molar-refractivity contribution in [3.05, 3.63) is 0 Å². The average molecular weight is 214 g/mol. The molecule has 1 fully saturated rings. The van der Waals surface area contributed by atoms with Gasteiger partial charge in [0.05, 0.1) is 5.92 Å². The quantitative estimate of drug-likeness (QED) is 0.715. The van der Waals surface area contributed by atoms with Crippen molar-refractivity contribution in [3.8, 4) is 0 Å². The van der Waals surface area contributed by atoms with E-state index in [1.165, 1.54) is 0 Å². The first-order valence-electron chi connectivity index (χ1n) is 5.87. The molecule has 1 rings (SSSR count). The minimum Gasteiger partial charge on any atom is -0.481 e. The molecule has 0 aromatic heterocycles. The maximum atomic E-state index is 11.1. The summed E-state index contributed by atoms with van der Waals surface area (Å²) in [4.78, 5) is 11.1. The van der Waals surface area contributed by atoms with Crippen molar-refractivity contribution in [3.63, 3.8) is 0 Å². The molecular formula is C12H22O3. The van der Waals surface area contributed by atoms with E-state index in [0.29, 0.717) is 11.8 Å². The van der Waals surface area contributed by atoms with E-state index in [-0.39, 0.29) is 5.92 Å². The molecule has 3 atom stereocenters. The van der Waals surface area contributed by atoms with Crippen LogP contribution in [0.1, 0.15) is 39.0 Å². The Labute approximate surface area is 91.8 Å². The summed E-state index contributed by atoms with van der Waals surface area (Å²) in [6.45, 7) is 2.97. The van der Waals surface area contributed by atoms with Crippen molar-refractivity contribution in [2.24, 2.45) is 17.8 Å². The molecule has 0 saturated heterocycles. The molecule has 1 aliphatic rings. The third-order valence-electron chi connectivity index (χ3n) is 3.49. The van der Waals surface area contributed by atoms with Crippen LogP contribution in [0.2, 0.25) is 0 Å². The van der Waals surface area contributed by atoms with Gasteiger partial charge >= 0.3 is 5.97 Å². The minimum atomic E-state index is -0.607. The Morgan fingerprint density at radius 2 is 2.20 bits per heavy atom. The summed E-state index contributed by atoms with van der Waals surface area (Å²) < 4.78 is 5.01. The molecular weight excluding hydrogens is 192 g/mol. The topological polar surface area (TPSA) is 46.5 Å². The Balaban J connectivity index is 2.43. The van der Waals surface area contributed by atoms with Crippen LogP contribution in [0.4, 0.5) is 0 Å². The fourth-order valence-corrected chi connectivity index (χ4v) is 2.63. The van der Waals surface area contributed by atoms with Gasteiger partial charge in [-0.3, -0.25) is 4.79 Å². The predicted octanol–water partition coefficient (Wildman–Crippen LogP) is 2.55. The number of rotatable bonds is 5. The zero-order valence-corrected chi connectivity index (χ0v) is 9.74. The van der Waals surface area contributed by atoms with E-state index in [9.17, 15) is 4.79 Å². The maximum absolute atomic E-state index is 11.1. The van der Waals surface area contributed by atoms with Crippen molar-refractivity contribution in [2.45, 2.75) is 39.0 Å². The van der Waals surface area contributed by atoms with Crippen LogP contribution in [0.5, 0.6) is 0 Å². The molecule has 3 heteroatoms. The standard InChI is InChI=1S/C12H22O3/c1-9-5-6-11(12(13)14)10(8-9)4-3-7-15-2/h9-11H,3-8H2,1-2H3,(H,13,14). The van der Waals surface area contributed by atoms with Crippen LogP contribution in [0.15, 0.2) is 0 Å². The van der Waals surface area contributed by atoms with Crippen molar-refractivity contribution < 1.29 is 14.6 Å². The van der Waals surface area contributed by atoms with E-state index in [0.717, 1.165) is 38.7 Å². The first kappa shape index (κ1) is 12.5. The van der Waals surface area contributed by atoms with Crippen molar-refractivity contribution in [1.29, 1.82) is 0 Å². The molecule has 0 aromatic rings. The molecule has 1 N–H and O–H groups in total. The second-order valence-electron chi connectivity index (χ2n) is 4.76. The first-order valence-corrected chi connectivity index (χ1v) is 5.87. The molecule has 1 aliphatic carbocycles. The van der Waals surface area contributed by atoms with Crippen LogP contribution < -0.4 is 0 Å². The molecule has 0 aromatic carbocycles. The summed E-state index contributed by atoms with van der Waals surface area (Å²) in [5.74, 6) is 0.330. The highest BCUT2D eigenvalue weighted by Crippen LogP contribution is 2.36. The summed E-state index contributed by atoms with van der Waals surface area (Å²) >= 11 is 0. The molecule has 3 nitrogen and oxygen atoms in total. The molecule has 15 heavy (non-hydrogen) atoms. The molecule has 1 saturated carbocycles. The van der Waals surface area contributed by atoms with Gasteiger partial charge in [-0.25, -0.2) is 0 Å². The van der Waals surface area contributed by atoms with E-state index in [1.54, 1.807) is 7.11 Å². The number of hydrogen-bond donors (Lipinski definition) is 1. The predicted molar refractivity (Wildman–Crippen MR) is 58.7 cm³/mol. The summed E-state index contributed by atoms with van der Waals surface area (Å²) in [6, 6.07) is 0. The fourth-order valence-electron chi connectivity index (χ4n) is 2.63.